The van der Waals surface area contributed by atoms with Gasteiger partial charge in [-0.1, -0.05) is 0 Å². The second-order valence-electron chi connectivity index (χ2n) is 7.19. The molecule has 0 spiro atoms. The maximum atomic E-state index is 4.77. The Bertz CT molecular complexity index is 1160. The molecule has 2 aliphatic rings. The predicted molar refractivity (Wildman–Crippen MR) is 91.8 cm³/mol. The summed E-state index contributed by atoms with van der Waals surface area (Å²) in [5, 5.41) is 13.3. The van der Waals surface area contributed by atoms with E-state index in [1.165, 1.54) is 12.8 Å². The van der Waals surface area contributed by atoms with Gasteiger partial charge in [0.15, 0.2) is 11.3 Å². The first-order valence-corrected chi connectivity index (χ1v) is 8.44. The van der Waals surface area contributed by atoms with E-state index in [0.29, 0.717) is 5.95 Å². The van der Waals surface area contributed by atoms with Crippen molar-refractivity contribution in [3.8, 4) is 0 Å². The lowest BCUT2D eigenvalue weighted by atomic mass is 10.2. The number of anilines is 2. The summed E-state index contributed by atoms with van der Waals surface area (Å²) in [6.45, 7) is 4.05. The van der Waals surface area contributed by atoms with E-state index in [-0.39, 0.29) is 5.54 Å². The molecule has 0 aromatic carbocycles. The molecular formula is C17H16N8. The van der Waals surface area contributed by atoms with E-state index in [4.69, 9.17) is 10.1 Å². The van der Waals surface area contributed by atoms with E-state index < -0.39 is 0 Å². The molecule has 25 heavy (non-hydrogen) atoms. The summed E-state index contributed by atoms with van der Waals surface area (Å²) in [5.74, 6) is 1.38. The third kappa shape index (κ3) is 1.73. The molecule has 6 rings (SSSR count). The first-order chi connectivity index (χ1) is 12.1. The maximum absolute atomic E-state index is 4.77. The van der Waals surface area contributed by atoms with Crippen LogP contribution in [0.3, 0.4) is 0 Å². The molecular weight excluding hydrogens is 316 g/mol. The van der Waals surface area contributed by atoms with E-state index >= 15 is 0 Å². The van der Waals surface area contributed by atoms with Gasteiger partial charge in [0, 0.05) is 6.20 Å². The van der Waals surface area contributed by atoms with Crippen LogP contribution in [0.5, 0.6) is 0 Å². The predicted octanol–water partition coefficient (Wildman–Crippen LogP) is 2.35. The highest BCUT2D eigenvalue weighted by molar-refractivity contribution is 5.79. The summed E-state index contributed by atoms with van der Waals surface area (Å²) in [6.07, 6.45) is 7.78. The van der Waals surface area contributed by atoms with Crippen LogP contribution < -0.4 is 5.32 Å². The van der Waals surface area contributed by atoms with Crippen LogP contribution in [0.4, 0.5) is 11.6 Å². The summed E-state index contributed by atoms with van der Waals surface area (Å²) in [7, 11) is 0. The summed E-state index contributed by atoms with van der Waals surface area (Å²) < 4.78 is 3.86. The summed E-state index contributed by atoms with van der Waals surface area (Å²) in [4.78, 5) is 13.4. The molecule has 2 saturated carbocycles. The van der Waals surface area contributed by atoms with Crippen LogP contribution in [-0.4, -0.2) is 34.3 Å². The largest absolute Gasteiger partial charge is 0.323 e. The molecule has 0 amide bonds. The van der Waals surface area contributed by atoms with Crippen LogP contribution in [0.1, 0.15) is 24.1 Å². The van der Waals surface area contributed by atoms with Crippen molar-refractivity contribution in [1.29, 1.82) is 0 Å². The Balaban J connectivity index is 1.45. The molecule has 0 saturated heterocycles. The molecule has 0 bridgehead atoms. The number of fused-ring (bicyclic) bond motifs is 3. The van der Waals surface area contributed by atoms with Crippen LogP contribution in [0, 0.1) is 19.8 Å². The smallest absolute Gasteiger partial charge is 0.229 e. The summed E-state index contributed by atoms with van der Waals surface area (Å²) >= 11 is 0. The average molecular weight is 332 g/mol. The second kappa shape index (κ2) is 4.14. The van der Waals surface area contributed by atoms with E-state index in [2.05, 4.69) is 25.1 Å². The van der Waals surface area contributed by atoms with Gasteiger partial charge >= 0.3 is 0 Å². The van der Waals surface area contributed by atoms with Crippen LogP contribution in [0.15, 0.2) is 24.8 Å². The Kier molecular flexibility index (Phi) is 2.20. The topological polar surface area (TPSA) is 85.8 Å². The van der Waals surface area contributed by atoms with Gasteiger partial charge in [-0.25, -0.2) is 19.2 Å². The molecule has 8 nitrogen and oxygen atoms in total. The molecule has 4 aromatic rings. The van der Waals surface area contributed by atoms with Crippen molar-refractivity contribution in [3.05, 3.63) is 36.0 Å². The lowest BCUT2D eigenvalue weighted by molar-refractivity contribution is 0.540. The Morgan fingerprint density at radius 3 is 2.88 bits per heavy atom. The van der Waals surface area contributed by atoms with Crippen molar-refractivity contribution < 1.29 is 0 Å². The number of nitrogens with one attached hydrogen (secondary N) is 1. The van der Waals surface area contributed by atoms with Gasteiger partial charge in [0.05, 0.1) is 28.5 Å². The Morgan fingerprint density at radius 1 is 1.24 bits per heavy atom. The number of pyridine rings is 1. The Morgan fingerprint density at radius 2 is 2.08 bits per heavy atom. The van der Waals surface area contributed by atoms with E-state index in [1.54, 1.807) is 10.8 Å². The van der Waals surface area contributed by atoms with Gasteiger partial charge in [-0.3, -0.25) is 0 Å². The van der Waals surface area contributed by atoms with Crippen LogP contribution in [0.2, 0.25) is 0 Å². The minimum absolute atomic E-state index is 0.258. The fourth-order valence-corrected chi connectivity index (χ4v) is 3.64. The van der Waals surface area contributed by atoms with Gasteiger partial charge in [-0.2, -0.15) is 15.2 Å². The van der Waals surface area contributed by atoms with Crippen LogP contribution in [0.25, 0.3) is 16.7 Å². The molecule has 8 heteroatoms. The number of rotatable bonds is 3. The van der Waals surface area contributed by atoms with Crippen molar-refractivity contribution in [1.82, 2.24) is 34.3 Å². The van der Waals surface area contributed by atoms with Crippen molar-refractivity contribution in [2.24, 2.45) is 5.92 Å². The highest BCUT2D eigenvalue weighted by atomic mass is 15.4. The number of nitrogens with zero attached hydrogens (tertiary/aromatic N) is 7. The second-order valence-corrected chi connectivity index (χ2v) is 7.19. The molecule has 4 aromatic heterocycles. The molecule has 0 radical (unpaired) electrons. The van der Waals surface area contributed by atoms with Crippen molar-refractivity contribution in [3.63, 3.8) is 0 Å². The van der Waals surface area contributed by atoms with Crippen molar-refractivity contribution in [2.75, 3.05) is 5.32 Å². The first kappa shape index (κ1) is 13.3. The number of aryl methyl sites for hydroxylation is 2. The van der Waals surface area contributed by atoms with Gasteiger partial charge in [-0.05, 0) is 44.2 Å². The first-order valence-electron chi connectivity index (χ1n) is 8.44. The zero-order valence-electron chi connectivity index (χ0n) is 13.9. The average Bonchev–Trinajstić information content (AvgIpc) is 3.36. The fraction of sp³-hybridized carbons (Fsp3) is 0.353. The Hall–Kier alpha value is -3.03. The zero-order chi connectivity index (χ0) is 16.8. The lowest BCUT2D eigenvalue weighted by Crippen LogP contribution is -2.10. The fourth-order valence-electron chi connectivity index (χ4n) is 3.64. The third-order valence-electron chi connectivity index (χ3n) is 5.54. The normalized spacial score (nSPS) is 23.8. The molecule has 0 unspecified atom stereocenters. The standard InChI is InChI=1S/C17H16N8/c1-9-3-14-19-8-20-24(14)7-13(9)21-16-18-6-12-10(2)23-25(15(12)22-16)17-4-11(17)5-17/h3,6-8,11H,4-5H2,1-2H3,(H,18,21,22). The highest BCUT2D eigenvalue weighted by Gasteiger charge is 2.72. The third-order valence-corrected chi connectivity index (χ3v) is 5.54. The number of aromatic nitrogens is 7. The molecule has 124 valence electrons. The minimum atomic E-state index is 0.258. The summed E-state index contributed by atoms with van der Waals surface area (Å²) in [5.41, 5.74) is 4.98. The molecule has 4 heterocycles. The molecule has 1 N–H and O–H groups in total. The monoisotopic (exact) mass is 332 g/mol. The SMILES string of the molecule is Cc1cc2ncnn2cc1Nc1ncc2c(C)nn(C34CC3C4)c2n1. The maximum Gasteiger partial charge on any atom is 0.229 e. The minimum Gasteiger partial charge on any atom is -0.323 e. The number of hydrogen-bond donors (Lipinski definition) is 1. The molecule has 2 aliphatic carbocycles. The van der Waals surface area contributed by atoms with Crippen molar-refractivity contribution in [2.45, 2.75) is 32.2 Å². The van der Waals surface area contributed by atoms with Crippen LogP contribution >= 0.6 is 0 Å². The van der Waals surface area contributed by atoms with Crippen molar-refractivity contribution >= 4 is 28.3 Å². The highest BCUT2D eigenvalue weighted by Crippen LogP contribution is 2.72. The zero-order valence-corrected chi connectivity index (χ0v) is 13.9. The van der Waals surface area contributed by atoms with Gasteiger partial charge < -0.3 is 5.32 Å². The van der Waals surface area contributed by atoms with E-state index in [9.17, 15) is 0 Å². The van der Waals surface area contributed by atoms with Gasteiger partial charge in [0.1, 0.15) is 6.33 Å². The molecule has 2 fully saturated rings. The van der Waals surface area contributed by atoms with E-state index in [1.807, 2.05) is 32.3 Å². The summed E-state index contributed by atoms with van der Waals surface area (Å²) in [6, 6.07) is 1.99. The van der Waals surface area contributed by atoms with Gasteiger partial charge in [0.2, 0.25) is 5.95 Å². The lowest BCUT2D eigenvalue weighted by Gasteiger charge is -2.09. The number of hydrogen-bond acceptors (Lipinski definition) is 6. The van der Waals surface area contributed by atoms with E-state index in [0.717, 1.165) is 39.5 Å². The van der Waals surface area contributed by atoms with Crippen LogP contribution in [-0.2, 0) is 5.54 Å². The Labute approximate surface area is 142 Å². The quantitative estimate of drug-likeness (QED) is 0.620. The molecule has 0 atom stereocenters. The molecule has 0 aliphatic heterocycles. The van der Waals surface area contributed by atoms with Gasteiger partial charge in [-0.15, -0.1) is 0 Å². The van der Waals surface area contributed by atoms with Gasteiger partial charge in [0.25, 0.3) is 0 Å².